The van der Waals surface area contributed by atoms with Crippen LogP contribution in [0.5, 0.6) is 0 Å². The minimum Gasteiger partial charge on any atom is -0.465 e. The van der Waals surface area contributed by atoms with E-state index in [4.69, 9.17) is 0 Å². The normalized spacial score (nSPS) is 9.74. The molecule has 96 valence electrons. The Morgan fingerprint density at radius 3 is 2.37 bits per heavy atom. The summed E-state index contributed by atoms with van der Waals surface area (Å²) in [6.45, 7) is 0. The van der Waals surface area contributed by atoms with Gasteiger partial charge in [-0.15, -0.1) is 0 Å². The molecule has 0 aliphatic heterocycles. The van der Waals surface area contributed by atoms with Gasteiger partial charge in [0.15, 0.2) is 5.82 Å². The molecular formula is C13H11N3O3. The quantitative estimate of drug-likeness (QED) is 0.843. The molecule has 0 aliphatic carbocycles. The second-order valence-electron chi connectivity index (χ2n) is 3.61. The van der Waals surface area contributed by atoms with E-state index in [0.29, 0.717) is 16.9 Å². The van der Waals surface area contributed by atoms with E-state index in [0.717, 1.165) is 0 Å². The van der Waals surface area contributed by atoms with Crippen molar-refractivity contribution in [3.63, 3.8) is 0 Å². The van der Waals surface area contributed by atoms with Crippen LogP contribution in [-0.2, 0) is 4.74 Å². The van der Waals surface area contributed by atoms with Crippen LogP contribution in [0.15, 0.2) is 42.9 Å². The number of aromatic nitrogens is 2. The van der Waals surface area contributed by atoms with Crippen molar-refractivity contribution in [2.45, 2.75) is 0 Å². The maximum Gasteiger partial charge on any atom is 0.337 e. The maximum atomic E-state index is 11.9. The lowest BCUT2D eigenvalue weighted by Crippen LogP contribution is -2.13. The van der Waals surface area contributed by atoms with Gasteiger partial charge in [0, 0.05) is 18.0 Å². The van der Waals surface area contributed by atoms with Gasteiger partial charge in [-0.2, -0.15) is 0 Å². The van der Waals surface area contributed by atoms with Gasteiger partial charge < -0.3 is 10.1 Å². The third kappa shape index (κ3) is 3.12. The van der Waals surface area contributed by atoms with Crippen molar-refractivity contribution in [1.29, 1.82) is 0 Å². The van der Waals surface area contributed by atoms with Crippen LogP contribution < -0.4 is 5.32 Å². The molecule has 6 heteroatoms. The number of anilines is 1. The average molecular weight is 257 g/mol. The van der Waals surface area contributed by atoms with Crippen LogP contribution >= 0.6 is 0 Å². The lowest BCUT2D eigenvalue weighted by molar-refractivity contribution is 0.0600. The van der Waals surface area contributed by atoms with Gasteiger partial charge in [0.1, 0.15) is 0 Å². The van der Waals surface area contributed by atoms with Crippen LogP contribution in [0.25, 0.3) is 0 Å². The molecular weight excluding hydrogens is 246 g/mol. The first kappa shape index (κ1) is 12.7. The summed E-state index contributed by atoms with van der Waals surface area (Å²) in [7, 11) is 1.30. The summed E-state index contributed by atoms with van der Waals surface area (Å²) in [4.78, 5) is 30.9. The number of methoxy groups -OCH3 is 1. The van der Waals surface area contributed by atoms with Crippen LogP contribution in [-0.4, -0.2) is 29.0 Å². The molecule has 1 aromatic carbocycles. The number of amides is 1. The van der Waals surface area contributed by atoms with E-state index in [1.165, 1.54) is 50.0 Å². The number of ether oxygens (including phenoxy) is 1. The highest BCUT2D eigenvalue weighted by atomic mass is 16.5. The first-order valence-corrected chi connectivity index (χ1v) is 5.46. The summed E-state index contributed by atoms with van der Waals surface area (Å²) >= 11 is 0. The molecule has 2 rings (SSSR count). The predicted octanol–water partition coefficient (Wildman–Crippen LogP) is 1.52. The van der Waals surface area contributed by atoms with Crippen LogP contribution in [0.4, 0.5) is 5.82 Å². The number of rotatable bonds is 3. The molecule has 0 atom stereocenters. The fraction of sp³-hybridized carbons (Fsp3) is 0.0769. The van der Waals surface area contributed by atoms with Gasteiger partial charge in [0.2, 0.25) is 0 Å². The van der Waals surface area contributed by atoms with E-state index in [-0.39, 0.29) is 5.91 Å². The van der Waals surface area contributed by atoms with Crippen molar-refractivity contribution < 1.29 is 14.3 Å². The lowest BCUT2D eigenvalue weighted by Gasteiger charge is -2.04. The molecule has 1 heterocycles. The summed E-state index contributed by atoms with van der Waals surface area (Å²) in [6, 6.07) is 6.13. The summed E-state index contributed by atoms with van der Waals surface area (Å²) in [6.07, 6.45) is 4.44. The van der Waals surface area contributed by atoms with E-state index >= 15 is 0 Å². The zero-order valence-electron chi connectivity index (χ0n) is 10.2. The Morgan fingerprint density at radius 1 is 1.11 bits per heavy atom. The first-order valence-electron chi connectivity index (χ1n) is 5.46. The van der Waals surface area contributed by atoms with Crippen molar-refractivity contribution >= 4 is 17.7 Å². The zero-order chi connectivity index (χ0) is 13.7. The van der Waals surface area contributed by atoms with Gasteiger partial charge in [-0.25, -0.2) is 9.78 Å². The zero-order valence-corrected chi connectivity index (χ0v) is 10.2. The van der Waals surface area contributed by atoms with Crippen molar-refractivity contribution in [2.24, 2.45) is 0 Å². The Morgan fingerprint density at radius 2 is 1.79 bits per heavy atom. The average Bonchev–Trinajstić information content (AvgIpc) is 2.47. The minimum absolute atomic E-state index is 0.322. The third-order valence-corrected chi connectivity index (χ3v) is 2.37. The Kier molecular flexibility index (Phi) is 3.82. The van der Waals surface area contributed by atoms with Crippen molar-refractivity contribution in [3.05, 3.63) is 54.0 Å². The fourth-order valence-electron chi connectivity index (χ4n) is 1.43. The summed E-state index contributed by atoms with van der Waals surface area (Å²) in [5.41, 5.74) is 0.803. The SMILES string of the molecule is COC(=O)c1ccc(C(=O)Nc2cnccn2)cc1. The van der Waals surface area contributed by atoms with Crippen molar-refractivity contribution in [3.8, 4) is 0 Å². The van der Waals surface area contributed by atoms with Gasteiger partial charge in [0.05, 0.1) is 18.9 Å². The van der Waals surface area contributed by atoms with E-state index in [9.17, 15) is 9.59 Å². The molecule has 1 N–H and O–H groups in total. The molecule has 0 fully saturated rings. The molecule has 0 saturated carbocycles. The lowest BCUT2D eigenvalue weighted by atomic mass is 10.1. The predicted molar refractivity (Wildman–Crippen MR) is 67.8 cm³/mol. The molecule has 0 aliphatic rings. The minimum atomic E-state index is -0.444. The van der Waals surface area contributed by atoms with Gasteiger partial charge in [-0.1, -0.05) is 0 Å². The Balaban J connectivity index is 2.10. The summed E-state index contributed by atoms with van der Waals surface area (Å²) in [5, 5.41) is 2.59. The third-order valence-electron chi connectivity index (χ3n) is 2.37. The van der Waals surface area contributed by atoms with Gasteiger partial charge in [-0.05, 0) is 24.3 Å². The second-order valence-corrected chi connectivity index (χ2v) is 3.61. The Hall–Kier alpha value is -2.76. The number of nitrogens with zero attached hydrogens (tertiary/aromatic N) is 2. The first-order chi connectivity index (χ1) is 9.20. The fourth-order valence-corrected chi connectivity index (χ4v) is 1.43. The van der Waals surface area contributed by atoms with E-state index in [1.807, 2.05) is 0 Å². The monoisotopic (exact) mass is 257 g/mol. The highest BCUT2D eigenvalue weighted by Gasteiger charge is 2.09. The number of hydrogen-bond donors (Lipinski definition) is 1. The van der Waals surface area contributed by atoms with Crippen LogP contribution in [0.3, 0.4) is 0 Å². The van der Waals surface area contributed by atoms with Crippen molar-refractivity contribution in [1.82, 2.24) is 9.97 Å². The standard InChI is InChI=1S/C13H11N3O3/c1-19-13(18)10-4-2-9(3-5-10)12(17)16-11-8-14-6-7-15-11/h2-8H,1H3,(H,15,16,17). The number of carbonyl (C=O) groups is 2. The number of carbonyl (C=O) groups excluding carboxylic acids is 2. The van der Waals surface area contributed by atoms with Gasteiger partial charge in [0.25, 0.3) is 5.91 Å². The Labute approximate surface area is 109 Å². The summed E-state index contributed by atoms with van der Waals surface area (Å²) in [5.74, 6) is -0.401. The van der Waals surface area contributed by atoms with Crippen LogP contribution in [0, 0.1) is 0 Å². The van der Waals surface area contributed by atoms with E-state index < -0.39 is 5.97 Å². The van der Waals surface area contributed by atoms with Gasteiger partial charge >= 0.3 is 5.97 Å². The Bertz CT molecular complexity index is 582. The smallest absolute Gasteiger partial charge is 0.337 e. The number of nitrogens with one attached hydrogen (secondary N) is 1. The van der Waals surface area contributed by atoms with E-state index in [2.05, 4.69) is 20.0 Å². The maximum absolute atomic E-state index is 11.9. The molecule has 0 unspecified atom stereocenters. The largest absolute Gasteiger partial charge is 0.465 e. The molecule has 1 aromatic heterocycles. The molecule has 0 spiro atoms. The molecule has 0 bridgehead atoms. The molecule has 0 radical (unpaired) electrons. The topological polar surface area (TPSA) is 81.2 Å². The van der Waals surface area contributed by atoms with Crippen LogP contribution in [0.1, 0.15) is 20.7 Å². The molecule has 0 saturated heterocycles. The highest BCUT2D eigenvalue weighted by Crippen LogP contribution is 2.08. The number of hydrogen-bond acceptors (Lipinski definition) is 5. The number of benzene rings is 1. The second kappa shape index (κ2) is 5.72. The molecule has 2 aromatic rings. The van der Waals surface area contributed by atoms with Crippen molar-refractivity contribution in [2.75, 3.05) is 12.4 Å². The molecule has 1 amide bonds. The van der Waals surface area contributed by atoms with Gasteiger partial charge in [-0.3, -0.25) is 9.78 Å². The highest BCUT2D eigenvalue weighted by molar-refractivity contribution is 6.04. The number of esters is 1. The molecule has 6 nitrogen and oxygen atoms in total. The summed E-state index contributed by atoms with van der Waals surface area (Å²) < 4.78 is 4.57. The van der Waals surface area contributed by atoms with Crippen LogP contribution in [0.2, 0.25) is 0 Å². The molecule has 19 heavy (non-hydrogen) atoms. The van der Waals surface area contributed by atoms with E-state index in [1.54, 1.807) is 0 Å².